The molecule has 0 unspecified atom stereocenters. The van der Waals surface area contributed by atoms with Crippen LogP contribution in [0.25, 0.3) is 0 Å². The molecule has 1 atom stereocenters. The number of hydrogen-bond acceptors (Lipinski definition) is 5. The Labute approximate surface area is 122 Å². The Morgan fingerprint density at radius 2 is 1.95 bits per heavy atom. The summed E-state index contributed by atoms with van der Waals surface area (Å²) in [5.74, 6) is -1.86. The zero-order valence-electron chi connectivity index (χ0n) is 11.7. The molecule has 0 saturated heterocycles. The van der Waals surface area contributed by atoms with Crippen LogP contribution >= 0.6 is 0 Å². The Bertz CT molecular complexity index is 668. The summed E-state index contributed by atoms with van der Waals surface area (Å²) in [6, 6.07) is 2.47. The lowest BCUT2D eigenvalue weighted by Crippen LogP contribution is -2.44. The summed E-state index contributed by atoms with van der Waals surface area (Å²) in [5, 5.41) is 20.0. The predicted molar refractivity (Wildman–Crippen MR) is 74.4 cm³/mol. The van der Waals surface area contributed by atoms with Crippen molar-refractivity contribution >= 4 is 21.7 Å². The van der Waals surface area contributed by atoms with Crippen LogP contribution in [0.15, 0.2) is 23.1 Å². The molecule has 0 aromatic heterocycles. The van der Waals surface area contributed by atoms with E-state index in [1.165, 1.54) is 32.9 Å². The number of nitrogens with zero attached hydrogens (tertiary/aromatic N) is 1. The van der Waals surface area contributed by atoms with Crippen molar-refractivity contribution in [1.82, 2.24) is 4.72 Å². The van der Waals surface area contributed by atoms with Gasteiger partial charge in [-0.05, 0) is 18.4 Å². The molecule has 0 bridgehead atoms. The summed E-state index contributed by atoms with van der Waals surface area (Å²) in [6.45, 7) is 4.48. The number of sulfonamides is 1. The van der Waals surface area contributed by atoms with Crippen molar-refractivity contribution in [2.75, 3.05) is 0 Å². The molecule has 0 aliphatic rings. The maximum Gasteiger partial charge on any atom is 0.322 e. The van der Waals surface area contributed by atoms with Crippen LogP contribution in [0, 0.1) is 23.0 Å². The number of hydrogen-bond donors (Lipinski definition) is 2. The van der Waals surface area contributed by atoms with Crippen LogP contribution in [0.3, 0.4) is 0 Å². The molecule has 1 aromatic carbocycles. The predicted octanol–water partition coefficient (Wildman–Crippen LogP) is 1.29. The molecular formula is C12H16N2O6S. The smallest absolute Gasteiger partial charge is 0.322 e. The molecule has 0 heterocycles. The molecule has 2 N–H and O–H groups in total. The first-order chi connectivity index (χ1) is 9.58. The molecule has 0 aliphatic heterocycles. The lowest BCUT2D eigenvalue weighted by molar-refractivity contribution is -0.387. The van der Waals surface area contributed by atoms with E-state index in [1.54, 1.807) is 0 Å². The highest BCUT2D eigenvalue weighted by molar-refractivity contribution is 7.89. The van der Waals surface area contributed by atoms with E-state index in [0.29, 0.717) is 0 Å². The molecule has 0 radical (unpaired) electrons. The third-order valence-corrected chi connectivity index (χ3v) is 4.50. The Morgan fingerprint density at radius 1 is 1.38 bits per heavy atom. The molecule has 1 aromatic rings. The quantitative estimate of drug-likeness (QED) is 0.601. The average molecular weight is 316 g/mol. The van der Waals surface area contributed by atoms with E-state index in [0.717, 1.165) is 6.07 Å². The van der Waals surface area contributed by atoms with Crippen LogP contribution in [0.5, 0.6) is 0 Å². The van der Waals surface area contributed by atoms with Crippen LogP contribution in [-0.4, -0.2) is 30.5 Å². The summed E-state index contributed by atoms with van der Waals surface area (Å²) in [6.07, 6.45) is 0. The van der Waals surface area contributed by atoms with E-state index in [1.807, 2.05) is 4.72 Å². The number of rotatable bonds is 6. The van der Waals surface area contributed by atoms with Gasteiger partial charge in [-0.1, -0.05) is 26.0 Å². The van der Waals surface area contributed by atoms with Crippen LogP contribution < -0.4 is 4.72 Å². The molecule has 9 heteroatoms. The summed E-state index contributed by atoms with van der Waals surface area (Å²) in [5.41, 5.74) is -0.417. The van der Waals surface area contributed by atoms with E-state index in [-0.39, 0.29) is 5.56 Å². The van der Waals surface area contributed by atoms with Gasteiger partial charge in [-0.3, -0.25) is 14.9 Å². The summed E-state index contributed by atoms with van der Waals surface area (Å²) in [4.78, 5) is 20.7. The lowest BCUT2D eigenvalue weighted by Gasteiger charge is -2.18. The number of aliphatic carboxylic acids is 1. The van der Waals surface area contributed by atoms with E-state index < -0.39 is 43.5 Å². The van der Waals surface area contributed by atoms with Crippen molar-refractivity contribution in [3.63, 3.8) is 0 Å². The largest absolute Gasteiger partial charge is 0.480 e. The molecule has 1 rings (SSSR count). The van der Waals surface area contributed by atoms with E-state index in [2.05, 4.69) is 0 Å². The Kier molecular flexibility index (Phi) is 5.02. The standard InChI is InChI=1S/C12H16N2O6S/c1-7(2)10(12(15)16)13-21(19,20)11-8(3)5-4-6-9(11)14(17)18/h4-7,10,13H,1-3H3,(H,15,16)/t10-/m1/s1. The van der Waals surface area contributed by atoms with Gasteiger partial charge in [0.2, 0.25) is 10.0 Å². The van der Waals surface area contributed by atoms with Gasteiger partial charge in [0.1, 0.15) is 6.04 Å². The van der Waals surface area contributed by atoms with Crippen LogP contribution in [0.1, 0.15) is 19.4 Å². The second kappa shape index (κ2) is 6.19. The second-order valence-corrected chi connectivity index (χ2v) is 6.51. The van der Waals surface area contributed by atoms with Gasteiger partial charge < -0.3 is 5.11 Å². The first kappa shape index (κ1) is 17.1. The number of carboxylic acids is 1. The van der Waals surface area contributed by atoms with Crippen LogP contribution in [-0.2, 0) is 14.8 Å². The minimum Gasteiger partial charge on any atom is -0.480 e. The molecule has 116 valence electrons. The third kappa shape index (κ3) is 3.76. The normalized spacial score (nSPS) is 13.1. The number of benzene rings is 1. The number of aryl methyl sites for hydroxylation is 1. The van der Waals surface area contributed by atoms with E-state index in [9.17, 15) is 23.3 Å². The van der Waals surface area contributed by atoms with Crippen molar-refractivity contribution in [1.29, 1.82) is 0 Å². The summed E-state index contributed by atoms with van der Waals surface area (Å²) < 4.78 is 26.7. The maximum atomic E-state index is 12.3. The van der Waals surface area contributed by atoms with Crippen molar-refractivity contribution in [3.8, 4) is 0 Å². The van der Waals surface area contributed by atoms with Gasteiger partial charge in [0.05, 0.1) is 4.92 Å². The summed E-state index contributed by atoms with van der Waals surface area (Å²) in [7, 11) is -4.33. The van der Waals surface area contributed by atoms with E-state index >= 15 is 0 Å². The van der Waals surface area contributed by atoms with Crippen molar-refractivity contribution in [2.24, 2.45) is 5.92 Å². The first-order valence-corrected chi connectivity index (χ1v) is 7.55. The number of carboxylic acid groups (broad SMARTS) is 1. The molecule has 0 spiro atoms. The van der Waals surface area contributed by atoms with Gasteiger partial charge >= 0.3 is 5.97 Å². The molecular weight excluding hydrogens is 300 g/mol. The lowest BCUT2D eigenvalue weighted by atomic mass is 10.1. The van der Waals surface area contributed by atoms with Crippen LogP contribution in [0.2, 0.25) is 0 Å². The fourth-order valence-corrected chi connectivity index (χ4v) is 3.56. The minimum absolute atomic E-state index is 0.171. The second-order valence-electron chi connectivity index (χ2n) is 4.86. The highest BCUT2D eigenvalue weighted by atomic mass is 32.2. The number of carbonyl (C=O) groups is 1. The zero-order valence-corrected chi connectivity index (χ0v) is 12.5. The van der Waals surface area contributed by atoms with Crippen molar-refractivity contribution in [3.05, 3.63) is 33.9 Å². The van der Waals surface area contributed by atoms with Gasteiger partial charge in [0.25, 0.3) is 5.69 Å². The fourth-order valence-electron chi connectivity index (χ4n) is 1.83. The SMILES string of the molecule is Cc1cccc([N+](=O)[O-])c1S(=O)(=O)N[C@@H](C(=O)O)C(C)C. The van der Waals surface area contributed by atoms with Gasteiger partial charge in [-0.2, -0.15) is 4.72 Å². The minimum atomic E-state index is -4.33. The summed E-state index contributed by atoms with van der Waals surface area (Å²) >= 11 is 0. The topological polar surface area (TPSA) is 127 Å². The van der Waals surface area contributed by atoms with Gasteiger partial charge in [-0.25, -0.2) is 8.42 Å². The van der Waals surface area contributed by atoms with Crippen molar-refractivity contribution < 1.29 is 23.2 Å². The Morgan fingerprint density at radius 3 is 2.38 bits per heavy atom. The van der Waals surface area contributed by atoms with Crippen LogP contribution in [0.4, 0.5) is 5.69 Å². The monoisotopic (exact) mass is 316 g/mol. The molecule has 0 fully saturated rings. The third-order valence-electron chi connectivity index (χ3n) is 2.87. The van der Waals surface area contributed by atoms with E-state index in [4.69, 9.17) is 5.11 Å². The van der Waals surface area contributed by atoms with Gasteiger partial charge in [0.15, 0.2) is 4.90 Å². The average Bonchev–Trinajstić information content (AvgIpc) is 2.34. The molecule has 0 saturated carbocycles. The molecule has 0 amide bonds. The van der Waals surface area contributed by atoms with Gasteiger partial charge in [-0.15, -0.1) is 0 Å². The van der Waals surface area contributed by atoms with Crippen molar-refractivity contribution in [2.45, 2.75) is 31.7 Å². The number of nitro benzene ring substituents is 1. The Hall–Kier alpha value is -2.00. The maximum absolute atomic E-state index is 12.3. The highest BCUT2D eigenvalue weighted by Crippen LogP contribution is 2.27. The zero-order chi connectivity index (χ0) is 16.4. The molecule has 21 heavy (non-hydrogen) atoms. The van der Waals surface area contributed by atoms with Gasteiger partial charge in [0, 0.05) is 6.07 Å². The first-order valence-electron chi connectivity index (χ1n) is 6.07. The highest BCUT2D eigenvalue weighted by Gasteiger charge is 2.33. The number of nitro groups is 1. The fraction of sp³-hybridized carbons (Fsp3) is 0.417. The number of nitrogens with one attached hydrogen (secondary N) is 1. The molecule has 8 nitrogen and oxygen atoms in total. The molecule has 0 aliphatic carbocycles. The Balaban J connectivity index is 3.38.